The van der Waals surface area contributed by atoms with Crippen molar-refractivity contribution in [3.05, 3.63) is 11.6 Å². The molecule has 0 N–H and O–H groups in total. The van der Waals surface area contributed by atoms with Crippen molar-refractivity contribution >= 4 is 5.78 Å². The van der Waals surface area contributed by atoms with Crippen LogP contribution in [0.3, 0.4) is 0 Å². The Morgan fingerprint density at radius 1 is 1.21 bits per heavy atom. The number of hydrogen-bond acceptors (Lipinski definition) is 2. The quantitative estimate of drug-likeness (QED) is 0.642. The lowest BCUT2D eigenvalue weighted by atomic mass is 10.1. The molecule has 14 heavy (non-hydrogen) atoms. The number of allylic oxidation sites excluding steroid dienone is 2. The summed E-state index contributed by atoms with van der Waals surface area (Å²) in [5.41, 5.74) is 1.11. The van der Waals surface area contributed by atoms with E-state index in [2.05, 4.69) is 4.90 Å². The molecule has 0 atom stereocenters. The molecule has 80 valence electrons. The molecule has 1 aliphatic rings. The lowest BCUT2D eigenvalue weighted by Gasteiger charge is -2.25. The van der Waals surface area contributed by atoms with Crippen molar-refractivity contribution in [3.8, 4) is 0 Å². The average Bonchev–Trinajstić information content (AvgIpc) is 2.15. The summed E-state index contributed by atoms with van der Waals surface area (Å²) in [6.45, 7) is 7.25. The molecule has 0 unspecified atom stereocenters. The van der Waals surface area contributed by atoms with E-state index >= 15 is 0 Å². The van der Waals surface area contributed by atoms with Crippen molar-refractivity contribution in [2.24, 2.45) is 0 Å². The molecule has 0 bridgehead atoms. The van der Waals surface area contributed by atoms with Crippen molar-refractivity contribution in [3.63, 3.8) is 0 Å². The second kappa shape index (κ2) is 5.97. The molecule has 1 rings (SSSR count). The zero-order valence-corrected chi connectivity index (χ0v) is 9.38. The number of carbonyl (C=O) groups excluding carboxylic acids is 1. The highest BCUT2D eigenvalue weighted by molar-refractivity contribution is 5.90. The van der Waals surface area contributed by atoms with Gasteiger partial charge in [0.2, 0.25) is 0 Å². The second-order valence-corrected chi connectivity index (χ2v) is 4.34. The largest absolute Gasteiger partial charge is 0.303 e. The van der Waals surface area contributed by atoms with Gasteiger partial charge in [0.25, 0.3) is 0 Å². The Labute approximate surface area is 87.0 Å². The van der Waals surface area contributed by atoms with Gasteiger partial charge in [0, 0.05) is 13.0 Å². The molecule has 2 heteroatoms. The van der Waals surface area contributed by atoms with Crippen molar-refractivity contribution in [1.29, 1.82) is 0 Å². The van der Waals surface area contributed by atoms with E-state index in [-0.39, 0.29) is 5.78 Å². The molecule has 0 aliphatic carbocycles. The molecule has 1 saturated heterocycles. The summed E-state index contributed by atoms with van der Waals surface area (Å²) in [7, 11) is 0. The van der Waals surface area contributed by atoms with Gasteiger partial charge in [-0.15, -0.1) is 0 Å². The van der Waals surface area contributed by atoms with Crippen LogP contribution in [0.4, 0.5) is 0 Å². The summed E-state index contributed by atoms with van der Waals surface area (Å²) in [4.78, 5) is 13.8. The third-order valence-corrected chi connectivity index (χ3v) is 2.57. The normalized spacial score (nSPS) is 17.9. The highest BCUT2D eigenvalue weighted by Crippen LogP contribution is 2.09. The van der Waals surface area contributed by atoms with Crippen LogP contribution in [-0.4, -0.2) is 30.3 Å². The fraction of sp³-hybridized carbons (Fsp3) is 0.750. The van der Waals surface area contributed by atoms with Crippen LogP contribution in [0, 0.1) is 0 Å². The highest BCUT2D eigenvalue weighted by Gasteiger charge is 2.10. The van der Waals surface area contributed by atoms with E-state index in [1.807, 2.05) is 13.8 Å². The number of nitrogens with zero attached hydrogens (tertiary/aromatic N) is 1. The summed E-state index contributed by atoms with van der Waals surface area (Å²) in [5.74, 6) is 0.274. The maximum atomic E-state index is 11.4. The Morgan fingerprint density at radius 3 is 2.43 bits per heavy atom. The van der Waals surface area contributed by atoms with E-state index in [0.29, 0.717) is 6.42 Å². The molecule has 1 heterocycles. The van der Waals surface area contributed by atoms with Gasteiger partial charge in [-0.2, -0.15) is 0 Å². The third kappa shape index (κ3) is 4.56. The van der Waals surface area contributed by atoms with Crippen LogP contribution >= 0.6 is 0 Å². The molecule has 0 aromatic carbocycles. The number of rotatable bonds is 4. The smallest absolute Gasteiger partial charge is 0.156 e. The lowest BCUT2D eigenvalue weighted by Crippen LogP contribution is -2.31. The Morgan fingerprint density at radius 2 is 1.86 bits per heavy atom. The van der Waals surface area contributed by atoms with Crippen LogP contribution < -0.4 is 0 Å². The highest BCUT2D eigenvalue weighted by atomic mass is 16.1. The van der Waals surface area contributed by atoms with E-state index in [1.54, 1.807) is 6.08 Å². The molecule has 0 amide bonds. The summed E-state index contributed by atoms with van der Waals surface area (Å²) in [5, 5.41) is 0. The maximum Gasteiger partial charge on any atom is 0.156 e. The van der Waals surface area contributed by atoms with Crippen LogP contribution in [0.1, 0.15) is 39.5 Å². The van der Waals surface area contributed by atoms with Crippen LogP contribution in [0.2, 0.25) is 0 Å². The van der Waals surface area contributed by atoms with Crippen molar-refractivity contribution in [2.45, 2.75) is 39.5 Å². The predicted molar refractivity (Wildman–Crippen MR) is 59.3 cm³/mol. The minimum absolute atomic E-state index is 0.274. The molecule has 1 fully saturated rings. The average molecular weight is 195 g/mol. The molecule has 1 aliphatic heterocycles. The zero-order chi connectivity index (χ0) is 10.4. The number of likely N-dealkylation sites (tertiary alicyclic amines) is 1. The second-order valence-electron chi connectivity index (χ2n) is 4.34. The van der Waals surface area contributed by atoms with Crippen LogP contribution in [-0.2, 0) is 4.79 Å². The van der Waals surface area contributed by atoms with E-state index in [0.717, 1.165) is 12.1 Å². The molecule has 0 spiro atoms. The standard InChI is InChI=1S/C12H21NO/c1-11(2)10-12(14)6-9-13-7-4-3-5-8-13/h10H,3-9H2,1-2H3. The van der Waals surface area contributed by atoms with E-state index in [1.165, 1.54) is 32.4 Å². The van der Waals surface area contributed by atoms with Crippen LogP contribution in [0.15, 0.2) is 11.6 Å². The fourth-order valence-corrected chi connectivity index (χ4v) is 1.85. The molecule has 0 radical (unpaired) electrons. The number of piperidine rings is 1. The van der Waals surface area contributed by atoms with Gasteiger partial charge in [0.1, 0.15) is 0 Å². The number of carbonyl (C=O) groups is 1. The first kappa shape index (κ1) is 11.4. The Kier molecular flexibility index (Phi) is 4.88. The van der Waals surface area contributed by atoms with Gasteiger partial charge in [-0.25, -0.2) is 0 Å². The summed E-state index contributed by atoms with van der Waals surface area (Å²) in [6, 6.07) is 0. The van der Waals surface area contributed by atoms with Crippen molar-refractivity contribution in [2.75, 3.05) is 19.6 Å². The fourth-order valence-electron chi connectivity index (χ4n) is 1.85. The minimum atomic E-state index is 0.274. The first-order valence-electron chi connectivity index (χ1n) is 5.58. The van der Waals surface area contributed by atoms with Gasteiger partial charge in [0.05, 0.1) is 0 Å². The molecular formula is C12H21NO. The summed E-state index contributed by atoms with van der Waals surface area (Å²) in [6.07, 6.45) is 6.40. The topological polar surface area (TPSA) is 20.3 Å². The number of hydrogen-bond donors (Lipinski definition) is 0. The Bertz CT molecular complexity index is 210. The molecule has 2 nitrogen and oxygen atoms in total. The van der Waals surface area contributed by atoms with E-state index < -0.39 is 0 Å². The summed E-state index contributed by atoms with van der Waals surface area (Å²) >= 11 is 0. The van der Waals surface area contributed by atoms with Crippen molar-refractivity contribution < 1.29 is 4.79 Å². The molecular weight excluding hydrogens is 174 g/mol. The first-order valence-corrected chi connectivity index (χ1v) is 5.58. The summed E-state index contributed by atoms with van der Waals surface area (Å²) < 4.78 is 0. The zero-order valence-electron chi connectivity index (χ0n) is 9.38. The first-order chi connectivity index (χ1) is 6.68. The van der Waals surface area contributed by atoms with Gasteiger partial charge < -0.3 is 4.90 Å². The van der Waals surface area contributed by atoms with Crippen molar-refractivity contribution in [1.82, 2.24) is 4.90 Å². The molecule has 0 aromatic heterocycles. The van der Waals surface area contributed by atoms with Gasteiger partial charge in [-0.3, -0.25) is 4.79 Å². The molecule has 0 aromatic rings. The minimum Gasteiger partial charge on any atom is -0.303 e. The van der Waals surface area contributed by atoms with E-state index in [4.69, 9.17) is 0 Å². The van der Waals surface area contributed by atoms with Crippen LogP contribution in [0.5, 0.6) is 0 Å². The lowest BCUT2D eigenvalue weighted by molar-refractivity contribution is -0.115. The predicted octanol–water partition coefficient (Wildman–Crippen LogP) is 2.40. The van der Waals surface area contributed by atoms with Gasteiger partial charge in [-0.05, 0) is 45.9 Å². The Balaban J connectivity index is 2.19. The number of ketones is 1. The SMILES string of the molecule is CC(C)=CC(=O)CCN1CCCCC1. The maximum absolute atomic E-state index is 11.4. The molecule has 0 saturated carbocycles. The van der Waals surface area contributed by atoms with Gasteiger partial charge in [-0.1, -0.05) is 12.0 Å². The van der Waals surface area contributed by atoms with E-state index in [9.17, 15) is 4.79 Å². The van der Waals surface area contributed by atoms with Gasteiger partial charge in [0.15, 0.2) is 5.78 Å². The third-order valence-electron chi connectivity index (χ3n) is 2.57. The monoisotopic (exact) mass is 195 g/mol. The van der Waals surface area contributed by atoms with Gasteiger partial charge >= 0.3 is 0 Å². The Hall–Kier alpha value is -0.630. The van der Waals surface area contributed by atoms with Crippen LogP contribution in [0.25, 0.3) is 0 Å².